The van der Waals surface area contributed by atoms with Gasteiger partial charge in [0, 0.05) is 22.9 Å². The van der Waals surface area contributed by atoms with Gasteiger partial charge in [-0.1, -0.05) is 34.1 Å². The third-order valence-electron chi connectivity index (χ3n) is 3.02. The van der Waals surface area contributed by atoms with Crippen LogP contribution < -0.4 is 10.2 Å². The van der Waals surface area contributed by atoms with Crippen molar-refractivity contribution in [1.29, 1.82) is 0 Å². The van der Waals surface area contributed by atoms with Crippen molar-refractivity contribution in [2.24, 2.45) is 0 Å². The molecule has 1 amide bonds. The monoisotopic (exact) mass is 332 g/mol. The molecule has 2 rings (SSSR count). The molecular weight excluding hydrogens is 316 g/mol. The summed E-state index contributed by atoms with van der Waals surface area (Å²) in [4.78, 5) is 13.9. The number of anilines is 2. The number of rotatable bonds is 4. The van der Waals surface area contributed by atoms with Gasteiger partial charge in [0.1, 0.15) is 0 Å². The first-order valence-electron chi connectivity index (χ1n) is 6.38. The van der Waals surface area contributed by atoms with Crippen LogP contribution in [0.2, 0.25) is 0 Å². The lowest BCUT2D eigenvalue weighted by molar-refractivity contribution is -0.114. The molecule has 0 atom stereocenters. The highest BCUT2D eigenvalue weighted by Crippen LogP contribution is 2.20. The van der Waals surface area contributed by atoms with Gasteiger partial charge in [0.15, 0.2) is 0 Å². The highest BCUT2D eigenvalue weighted by molar-refractivity contribution is 9.10. The molecule has 0 bridgehead atoms. The van der Waals surface area contributed by atoms with Gasteiger partial charge >= 0.3 is 0 Å². The Bertz CT molecular complexity index is 599. The van der Waals surface area contributed by atoms with E-state index in [1.807, 2.05) is 67.4 Å². The summed E-state index contributed by atoms with van der Waals surface area (Å²) >= 11 is 3.45. The van der Waals surface area contributed by atoms with E-state index in [4.69, 9.17) is 0 Å². The second-order valence-corrected chi connectivity index (χ2v) is 5.56. The molecule has 2 aromatic carbocycles. The number of aryl methyl sites for hydroxylation is 1. The lowest BCUT2D eigenvalue weighted by Crippen LogP contribution is -2.29. The van der Waals surface area contributed by atoms with Gasteiger partial charge in [0.25, 0.3) is 0 Å². The van der Waals surface area contributed by atoms with Gasteiger partial charge < -0.3 is 10.2 Å². The fourth-order valence-electron chi connectivity index (χ4n) is 1.91. The minimum atomic E-state index is -0.0296. The summed E-state index contributed by atoms with van der Waals surface area (Å²) in [6.45, 7) is 2.31. The zero-order chi connectivity index (χ0) is 14.5. The van der Waals surface area contributed by atoms with Gasteiger partial charge in [-0.15, -0.1) is 0 Å². The van der Waals surface area contributed by atoms with Crippen molar-refractivity contribution in [3.63, 3.8) is 0 Å². The third kappa shape index (κ3) is 3.84. The SMILES string of the molecule is Cc1cc(NC(=O)CN(C)c2ccccc2)ccc1Br. The van der Waals surface area contributed by atoms with E-state index >= 15 is 0 Å². The molecule has 104 valence electrons. The van der Waals surface area contributed by atoms with E-state index in [-0.39, 0.29) is 5.91 Å². The first-order chi connectivity index (χ1) is 9.56. The van der Waals surface area contributed by atoms with Crippen molar-refractivity contribution < 1.29 is 4.79 Å². The summed E-state index contributed by atoms with van der Waals surface area (Å²) in [7, 11) is 1.90. The highest BCUT2D eigenvalue weighted by atomic mass is 79.9. The maximum atomic E-state index is 12.0. The summed E-state index contributed by atoms with van der Waals surface area (Å²) in [6, 6.07) is 15.6. The van der Waals surface area contributed by atoms with Crippen LogP contribution >= 0.6 is 15.9 Å². The zero-order valence-electron chi connectivity index (χ0n) is 11.6. The summed E-state index contributed by atoms with van der Waals surface area (Å²) in [5.74, 6) is -0.0296. The molecule has 0 fully saturated rings. The lowest BCUT2D eigenvalue weighted by Gasteiger charge is -2.18. The molecule has 2 aromatic rings. The van der Waals surface area contributed by atoms with Crippen LogP contribution in [0.5, 0.6) is 0 Å². The van der Waals surface area contributed by atoms with Crippen LogP contribution in [0.1, 0.15) is 5.56 Å². The molecule has 0 saturated carbocycles. The first-order valence-corrected chi connectivity index (χ1v) is 7.18. The number of likely N-dealkylation sites (N-methyl/N-ethyl adjacent to an activating group) is 1. The van der Waals surface area contributed by atoms with Crippen LogP contribution in [0.15, 0.2) is 53.0 Å². The van der Waals surface area contributed by atoms with Crippen molar-refractivity contribution in [1.82, 2.24) is 0 Å². The van der Waals surface area contributed by atoms with Crippen LogP contribution in [0.25, 0.3) is 0 Å². The van der Waals surface area contributed by atoms with E-state index in [1.165, 1.54) is 0 Å². The second kappa shape index (κ2) is 6.57. The summed E-state index contributed by atoms with van der Waals surface area (Å²) in [5.41, 5.74) is 2.94. The van der Waals surface area contributed by atoms with Gasteiger partial charge in [-0.2, -0.15) is 0 Å². The minimum absolute atomic E-state index is 0.0296. The van der Waals surface area contributed by atoms with Crippen LogP contribution in [0, 0.1) is 6.92 Å². The number of carbonyl (C=O) groups is 1. The number of para-hydroxylation sites is 1. The van der Waals surface area contributed by atoms with Gasteiger partial charge in [-0.3, -0.25) is 4.79 Å². The normalized spacial score (nSPS) is 10.2. The molecule has 0 aliphatic carbocycles. The number of hydrogen-bond acceptors (Lipinski definition) is 2. The van der Waals surface area contributed by atoms with Crippen LogP contribution in [0.4, 0.5) is 11.4 Å². The Morgan fingerprint density at radius 1 is 1.20 bits per heavy atom. The summed E-state index contributed by atoms with van der Waals surface area (Å²) in [6.07, 6.45) is 0. The predicted molar refractivity (Wildman–Crippen MR) is 87.2 cm³/mol. The molecule has 1 N–H and O–H groups in total. The second-order valence-electron chi connectivity index (χ2n) is 4.70. The zero-order valence-corrected chi connectivity index (χ0v) is 13.1. The largest absolute Gasteiger partial charge is 0.365 e. The molecule has 4 heteroatoms. The number of nitrogens with one attached hydrogen (secondary N) is 1. The first kappa shape index (κ1) is 14.6. The smallest absolute Gasteiger partial charge is 0.243 e. The molecule has 0 aromatic heterocycles. The standard InChI is InChI=1S/C16H17BrN2O/c1-12-10-13(8-9-15(12)17)18-16(20)11-19(2)14-6-4-3-5-7-14/h3-10H,11H2,1-2H3,(H,18,20). The molecule has 0 unspecified atom stereocenters. The molecule has 0 radical (unpaired) electrons. The molecule has 0 saturated heterocycles. The van der Waals surface area contributed by atoms with Crippen LogP contribution in [0.3, 0.4) is 0 Å². The topological polar surface area (TPSA) is 32.3 Å². The maximum absolute atomic E-state index is 12.0. The lowest BCUT2D eigenvalue weighted by atomic mass is 10.2. The van der Waals surface area contributed by atoms with Crippen molar-refractivity contribution >= 4 is 33.2 Å². The van der Waals surface area contributed by atoms with E-state index in [1.54, 1.807) is 0 Å². The number of amides is 1. The summed E-state index contributed by atoms with van der Waals surface area (Å²) in [5, 5.41) is 2.91. The van der Waals surface area contributed by atoms with Crippen molar-refractivity contribution in [3.05, 3.63) is 58.6 Å². The Hall–Kier alpha value is -1.81. The fourth-order valence-corrected chi connectivity index (χ4v) is 2.16. The Labute approximate surface area is 127 Å². The van der Waals surface area contributed by atoms with Crippen molar-refractivity contribution in [2.45, 2.75) is 6.92 Å². The Balaban J connectivity index is 1.97. The molecule has 0 aliphatic heterocycles. The number of nitrogens with zero attached hydrogens (tertiary/aromatic N) is 1. The fraction of sp³-hybridized carbons (Fsp3) is 0.188. The van der Waals surface area contributed by atoms with E-state index in [2.05, 4.69) is 21.2 Å². The number of carbonyl (C=O) groups excluding carboxylic acids is 1. The molecule has 3 nitrogen and oxygen atoms in total. The number of halogens is 1. The quantitative estimate of drug-likeness (QED) is 0.922. The predicted octanol–water partition coefficient (Wildman–Crippen LogP) is 3.83. The summed E-state index contributed by atoms with van der Waals surface area (Å²) < 4.78 is 1.04. The average molecular weight is 333 g/mol. The Morgan fingerprint density at radius 3 is 2.55 bits per heavy atom. The van der Waals surface area contributed by atoms with E-state index in [9.17, 15) is 4.79 Å². The van der Waals surface area contributed by atoms with Crippen LogP contribution in [-0.2, 0) is 4.79 Å². The highest BCUT2D eigenvalue weighted by Gasteiger charge is 2.08. The molecule has 0 aliphatic rings. The minimum Gasteiger partial charge on any atom is -0.365 e. The average Bonchev–Trinajstić information content (AvgIpc) is 2.44. The van der Waals surface area contributed by atoms with Crippen LogP contribution in [-0.4, -0.2) is 19.5 Å². The molecular formula is C16H17BrN2O. The Morgan fingerprint density at radius 2 is 1.90 bits per heavy atom. The van der Waals surface area contributed by atoms with E-state index < -0.39 is 0 Å². The number of benzene rings is 2. The van der Waals surface area contributed by atoms with Gasteiger partial charge in [-0.05, 0) is 42.8 Å². The Kier molecular flexibility index (Phi) is 4.79. The van der Waals surface area contributed by atoms with Crippen molar-refractivity contribution in [2.75, 3.05) is 23.8 Å². The molecule has 20 heavy (non-hydrogen) atoms. The van der Waals surface area contributed by atoms with Gasteiger partial charge in [-0.25, -0.2) is 0 Å². The van der Waals surface area contributed by atoms with E-state index in [0.717, 1.165) is 21.4 Å². The molecule has 0 heterocycles. The maximum Gasteiger partial charge on any atom is 0.243 e. The van der Waals surface area contributed by atoms with E-state index in [0.29, 0.717) is 6.54 Å². The molecule has 0 spiro atoms. The number of hydrogen-bond donors (Lipinski definition) is 1. The van der Waals surface area contributed by atoms with Gasteiger partial charge in [0.05, 0.1) is 6.54 Å². The third-order valence-corrected chi connectivity index (χ3v) is 3.91. The van der Waals surface area contributed by atoms with Crippen molar-refractivity contribution in [3.8, 4) is 0 Å². The van der Waals surface area contributed by atoms with Gasteiger partial charge in [0.2, 0.25) is 5.91 Å².